The fourth-order valence-electron chi connectivity index (χ4n) is 3.45. The van der Waals surface area contributed by atoms with Gasteiger partial charge in [0.05, 0.1) is 21.9 Å². The molecular formula is C23H21ClN4O2. The first kappa shape index (κ1) is 19.9. The molecule has 1 amide bonds. The van der Waals surface area contributed by atoms with Crippen LogP contribution in [0.3, 0.4) is 0 Å². The number of halogens is 1. The lowest BCUT2D eigenvalue weighted by molar-refractivity contribution is -0.117. The maximum atomic E-state index is 12.7. The summed E-state index contributed by atoms with van der Waals surface area (Å²) < 4.78 is 3.29. The van der Waals surface area contributed by atoms with Gasteiger partial charge < -0.3 is 9.88 Å². The molecule has 2 aromatic carbocycles. The van der Waals surface area contributed by atoms with Crippen LogP contribution in [-0.2, 0) is 11.3 Å². The van der Waals surface area contributed by atoms with E-state index in [2.05, 4.69) is 28.8 Å². The van der Waals surface area contributed by atoms with Gasteiger partial charge in [-0.25, -0.2) is 4.68 Å². The first-order chi connectivity index (χ1) is 14.4. The van der Waals surface area contributed by atoms with Gasteiger partial charge in [-0.15, -0.1) is 0 Å². The Kier molecular flexibility index (Phi) is 5.42. The molecule has 0 unspecified atom stereocenters. The molecule has 6 nitrogen and oxygen atoms in total. The number of carbonyl (C=O) groups excluding carboxylic acids is 1. The molecule has 0 saturated heterocycles. The van der Waals surface area contributed by atoms with Gasteiger partial charge in [-0.3, -0.25) is 9.59 Å². The highest BCUT2D eigenvalue weighted by atomic mass is 35.5. The predicted octanol–water partition coefficient (Wildman–Crippen LogP) is 4.74. The van der Waals surface area contributed by atoms with Crippen molar-refractivity contribution in [2.45, 2.75) is 26.4 Å². The average Bonchev–Trinajstić information content (AvgIpc) is 3.16. The summed E-state index contributed by atoms with van der Waals surface area (Å²) in [6.07, 6.45) is 2.00. The van der Waals surface area contributed by atoms with E-state index in [1.54, 1.807) is 12.1 Å². The lowest BCUT2D eigenvalue weighted by Crippen LogP contribution is -2.29. The molecule has 0 bridgehead atoms. The fraction of sp³-hybridized carbons (Fsp3) is 0.174. The molecule has 0 aliphatic rings. The van der Waals surface area contributed by atoms with Crippen LogP contribution in [0.25, 0.3) is 22.2 Å². The minimum Gasteiger partial charge on any atom is -0.345 e. The van der Waals surface area contributed by atoms with E-state index in [0.717, 1.165) is 15.6 Å². The van der Waals surface area contributed by atoms with Gasteiger partial charge in [0.1, 0.15) is 6.54 Å². The van der Waals surface area contributed by atoms with Crippen molar-refractivity contribution in [1.29, 1.82) is 0 Å². The zero-order valence-electron chi connectivity index (χ0n) is 16.7. The molecule has 2 aromatic heterocycles. The van der Waals surface area contributed by atoms with Crippen molar-refractivity contribution < 1.29 is 4.79 Å². The Morgan fingerprint density at radius 1 is 1.07 bits per heavy atom. The number of anilines is 1. The zero-order valence-corrected chi connectivity index (χ0v) is 17.4. The van der Waals surface area contributed by atoms with Crippen molar-refractivity contribution in [3.8, 4) is 11.3 Å². The van der Waals surface area contributed by atoms with Crippen molar-refractivity contribution >= 4 is 34.1 Å². The smallest absolute Gasteiger partial charge is 0.267 e. The first-order valence-corrected chi connectivity index (χ1v) is 10.0. The molecule has 7 heteroatoms. The van der Waals surface area contributed by atoms with Crippen molar-refractivity contribution in [2.24, 2.45) is 0 Å². The number of rotatable bonds is 5. The van der Waals surface area contributed by atoms with Crippen LogP contribution in [0.4, 0.5) is 5.69 Å². The number of carbonyl (C=O) groups is 1. The van der Waals surface area contributed by atoms with E-state index in [1.807, 2.05) is 48.7 Å². The largest absolute Gasteiger partial charge is 0.345 e. The molecule has 2 heterocycles. The van der Waals surface area contributed by atoms with E-state index < -0.39 is 0 Å². The summed E-state index contributed by atoms with van der Waals surface area (Å²) in [6.45, 7) is 4.02. The summed E-state index contributed by atoms with van der Waals surface area (Å²) in [7, 11) is 0. The van der Waals surface area contributed by atoms with Crippen molar-refractivity contribution in [1.82, 2.24) is 14.3 Å². The van der Waals surface area contributed by atoms with Crippen LogP contribution < -0.4 is 10.9 Å². The number of fused-ring (bicyclic) bond motifs is 1. The molecule has 0 atom stereocenters. The van der Waals surface area contributed by atoms with Crippen LogP contribution in [0.15, 0.2) is 71.7 Å². The van der Waals surface area contributed by atoms with Gasteiger partial charge in [0, 0.05) is 29.3 Å². The van der Waals surface area contributed by atoms with E-state index in [-0.39, 0.29) is 18.0 Å². The van der Waals surface area contributed by atoms with Crippen LogP contribution >= 0.6 is 11.6 Å². The van der Waals surface area contributed by atoms with Crippen LogP contribution in [0.5, 0.6) is 0 Å². The van der Waals surface area contributed by atoms with Gasteiger partial charge in [-0.05, 0) is 44.2 Å². The molecule has 0 aliphatic heterocycles. The molecule has 0 radical (unpaired) electrons. The van der Waals surface area contributed by atoms with Gasteiger partial charge in [-0.2, -0.15) is 5.10 Å². The number of hydrogen-bond donors (Lipinski definition) is 1. The predicted molar refractivity (Wildman–Crippen MR) is 120 cm³/mol. The normalized spacial score (nSPS) is 11.2. The minimum absolute atomic E-state index is 0.196. The number of nitrogens with one attached hydrogen (secondary N) is 1. The topological polar surface area (TPSA) is 68.9 Å². The monoisotopic (exact) mass is 420 g/mol. The summed E-state index contributed by atoms with van der Waals surface area (Å²) in [5.41, 5.74) is 2.62. The first-order valence-electron chi connectivity index (χ1n) is 9.66. The second kappa shape index (κ2) is 8.16. The highest BCUT2D eigenvalue weighted by molar-refractivity contribution is 6.33. The summed E-state index contributed by atoms with van der Waals surface area (Å²) in [4.78, 5) is 24.9. The Morgan fingerprint density at radius 3 is 2.63 bits per heavy atom. The fourth-order valence-corrected chi connectivity index (χ4v) is 3.68. The third-order valence-electron chi connectivity index (χ3n) is 4.90. The van der Waals surface area contributed by atoms with Crippen LogP contribution in [0, 0.1) is 0 Å². The van der Waals surface area contributed by atoms with E-state index in [9.17, 15) is 9.59 Å². The Balaban J connectivity index is 1.59. The summed E-state index contributed by atoms with van der Waals surface area (Å²) in [6, 6.07) is 18.3. The molecule has 0 fully saturated rings. The maximum absolute atomic E-state index is 12.7. The van der Waals surface area contributed by atoms with Gasteiger partial charge in [0.2, 0.25) is 5.91 Å². The number of benzene rings is 2. The highest BCUT2D eigenvalue weighted by Crippen LogP contribution is 2.27. The van der Waals surface area contributed by atoms with Gasteiger partial charge in [0.25, 0.3) is 5.56 Å². The second-order valence-electron chi connectivity index (χ2n) is 7.30. The van der Waals surface area contributed by atoms with Crippen molar-refractivity contribution in [2.75, 3.05) is 5.32 Å². The molecule has 0 aliphatic carbocycles. The molecule has 4 rings (SSSR count). The summed E-state index contributed by atoms with van der Waals surface area (Å²) in [5, 5.41) is 8.71. The lowest BCUT2D eigenvalue weighted by atomic mass is 10.1. The maximum Gasteiger partial charge on any atom is 0.267 e. The molecule has 1 N–H and O–H groups in total. The van der Waals surface area contributed by atoms with Crippen LogP contribution in [0.2, 0.25) is 5.02 Å². The molecule has 0 saturated carbocycles. The van der Waals surface area contributed by atoms with Gasteiger partial charge >= 0.3 is 0 Å². The third kappa shape index (κ3) is 3.86. The molecular weight excluding hydrogens is 400 g/mol. The van der Waals surface area contributed by atoms with Crippen LogP contribution in [0.1, 0.15) is 19.9 Å². The Hall–Kier alpha value is -3.38. The molecule has 152 valence electrons. The Morgan fingerprint density at radius 2 is 1.87 bits per heavy atom. The highest BCUT2D eigenvalue weighted by Gasteiger charge is 2.13. The number of hydrogen-bond acceptors (Lipinski definition) is 3. The zero-order chi connectivity index (χ0) is 21.3. The SMILES string of the molecule is CC(C)n1ccc2c(NC(=O)Cn3nc(-c4ccccc4Cl)ccc3=O)cccc21. The van der Waals surface area contributed by atoms with Crippen LogP contribution in [-0.4, -0.2) is 20.3 Å². The third-order valence-corrected chi connectivity index (χ3v) is 5.23. The molecule has 30 heavy (non-hydrogen) atoms. The quantitative estimate of drug-likeness (QED) is 0.507. The number of aromatic nitrogens is 3. The Bertz CT molecular complexity index is 1290. The summed E-state index contributed by atoms with van der Waals surface area (Å²) in [5.74, 6) is -0.328. The molecule has 4 aromatic rings. The van der Waals surface area contributed by atoms with Gasteiger partial charge in [-0.1, -0.05) is 35.9 Å². The van der Waals surface area contributed by atoms with E-state index in [1.165, 1.54) is 6.07 Å². The average molecular weight is 421 g/mol. The second-order valence-corrected chi connectivity index (χ2v) is 7.70. The minimum atomic E-state index is -0.356. The summed E-state index contributed by atoms with van der Waals surface area (Å²) >= 11 is 6.23. The molecule has 0 spiro atoms. The van der Waals surface area contributed by atoms with E-state index >= 15 is 0 Å². The lowest BCUT2D eigenvalue weighted by Gasteiger charge is -2.12. The van der Waals surface area contributed by atoms with Gasteiger partial charge in [0.15, 0.2) is 0 Å². The van der Waals surface area contributed by atoms with E-state index in [4.69, 9.17) is 11.6 Å². The Labute approximate surface area is 178 Å². The van der Waals surface area contributed by atoms with Crippen molar-refractivity contribution in [3.05, 3.63) is 82.2 Å². The number of amides is 1. The van der Waals surface area contributed by atoms with Crippen molar-refractivity contribution in [3.63, 3.8) is 0 Å². The number of nitrogens with zero attached hydrogens (tertiary/aromatic N) is 3. The van der Waals surface area contributed by atoms with E-state index in [0.29, 0.717) is 28.0 Å². The standard InChI is InChI=1S/C23H21ClN4O2/c1-15(2)27-13-12-17-19(8-5-9-21(17)27)25-22(29)14-28-23(30)11-10-20(26-28)16-6-3-4-7-18(16)24/h3-13,15H,14H2,1-2H3,(H,25,29).